The van der Waals surface area contributed by atoms with Crippen LogP contribution >= 0.6 is 0 Å². The molecule has 0 saturated heterocycles. The monoisotopic (exact) mass is 261 g/mol. The Morgan fingerprint density at radius 3 is 2.47 bits per heavy atom. The van der Waals surface area contributed by atoms with Crippen molar-refractivity contribution in [3.63, 3.8) is 0 Å². The quantitative estimate of drug-likeness (QED) is 0.848. The highest BCUT2D eigenvalue weighted by Gasteiger charge is 2.22. The number of rotatable bonds is 4. The summed E-state index contributed by atoms with van der Waals surface area (Å²) >= 11 is 0. The number of para-hydroxylation sites is 1. The predicted octanol–water partition coefficient (Wildman–Crippen LogP) is 2.75. The summed E-state index contributed by atoms with van der Waals surface area (Å²) in [5, 5.41) is 2.68. The second-order valence-corrected chi connectivity index (χ2v) is 4.86. The normalized spacial score (nSPS) is 15.8. The van der Waals surface area contributed by atoms with Crippen LogP contribution in [0.4, 0.5) is 5.69 Å². The van der Waals surface area contributed by atoms with Crippen LogP contribution in [0, 0.1) is 5.92 Å². The average molecular weight is 261 g/mol. The Balaban J connectivity index is 1.72. The van der Waals surface area contributed by atoms with E-state index in [-0.39, 0.29) is 24.4 Å². The summed E-state index contributed by atoms with van der Waals surface area (Å²) in [7, 11) is 0. The van der Waals surface area contributed by atoms with Crippen LogP contribution in [0.1, 0.15) is 32.1 Å². The van der Waals surface area contributed by atoms with Crippen LogP contribution in [0.2, 0.25) is 0 Å². The second-order valence-electron chi connectivity index (χ2n) is 4.86. The van der Waals surface area contributed by atoms with Gasteiger partial charge in [-0.3, -0.25) is 9.59 Å². The van der Waals surface area contributed by atoms with Gasteiger partial charge in [-0.15, -0.1) is 0 Å². The number of hydrogen-bond donors (Lipinski definition) is 1. The van der Waals surface area contributed by atoms with Crippen molar-refractivity contribution < 1.29 is 14.3 Å². The van der Waals surface area contributed by atoms with Crippen molar-refractivity contribution in [1.82, 2.24) is 0 Å². The van der Waals surface area contributed by atoms with Crippen LogP contribution in [0.3, 0.4) is 0 Å². The molecule has 4 nitrogen and oxygen atoms in total. The van der Waals surface area contributed by atoms with Crippen molar-refractivity contribution >= 4 is 17.6 Å². The molecule has 0 heterocycles. The zero-order valence-corrected chi connectivity index (χ0v) is 10.9. The van der Waals surface area contributed by atoms with Gasteiger partial charge in [0.15, 0.2) is 6.61 Å². The predicted molar refractivity (Wildman–Crippen MR) is 72.6 cm³/mol. The van der Waals surface area contributed by atoms with Crippen molar-refractivity contribution in [1.29, 1.82) is 0 Å². The molecule has 0 unspecified atom stereocenters. The lowest BCUT2D eigenvalue weighted by atomic mass is 9.89. The van der Waals surface area contributed by atoms with Crippen molar-refractivity contribution in [3.8, 4) is 0 Å². The lowest BCUT2D eigenvalue weighted by Crippen LogP contribution is -2.25. The van der Waals surface area contributed by atoms with E-state index in [0.717, 1.165) is 25.7 Å². The number of ether oxygens (including phenoxy) is 1. The van der Waals surface area contributed by atoms with Crippen molar-refractivity contribution in [2.75, 3.05) is 11.9 Å². The third kappa shape index (κ3) is 4.39. The summed E-state index contributed by atoms with van der Waals surface area (Å²) < 4.78 is 5.06. The molecule has 0 aliphatic heterocycles. The molecule has 1 aliphatic carbocycles. The molecule has 0 spiro atoms. The van der Waals surface area contributed by atoms with Crippen LogP contribution in [0.25, 0.3) is 0 Å². The van der Waals surface area contributed by atoms with Gasteiger partial charge in [0.25, 0.3) is 5.91 Å². The summed E-state index contributed by atoms with van der Waals surface area (Å²) in [5.41, 5.74) is 0.709. The molecule has 1 N–H and O–H groups in total. The lowest BCUT2D eigenvalue weighted by Gasteiger charge is -2.19. The number of anilines is 1. The molecule has 1 amide bonds. The highest BCUT2D eigenvalue weighted by Crippen LogP contribution is 2.24. The van der Waals surface area contributed by atoms with Gasteiger partial charge in [0.1, 0.15) is 0 Å². The first-order chi connectivity index (χ1) is 9.25. The number of carbonyl (C=O) groups is 2. The van der Waals surface area contributed by atoms with E-state index < -0.39 is 0 Å². The molecule has 0 atom stereocenters. The smallest absolute Gasteiger partial charge is 0.309 e. The molecular weight excluding hydrogens is 242 g/mol. The summed E-state index contributed by atoms with van der Waals surface area (Å²) in [6.45, 7) is -0.204. The molecule has 0 radical (unpaired) electrons. The number of hydrogen-bond acceptors (Lipinski definition) is 3. The summed E-state index contributed by atoms with van der Waals surface area (Å²) in [6.07, 6.45) is 5.13. The third-order valence-electron chi connectivity index (χ3n) is 3.34. The Hall–Kier alpha value is -1.84. The van der Waals surface area contributed by atoms with E-state index in [1.165, 1.54) is 6.42 Å². The summed E-state index contributed by atoms with van der Waals surface area (Å²) in [4.78, 5) is 23.4. The highest BCUT2D eigenvalue weighted by molar-refractivity contribution is 5.92. The fraction of sp³-hybridized carbons (Fsp3) is 0.467. The SMILES string of the molecule is O=C(COC(=O)C1CCCCC1)Nc1ccccc1. The van der Waals surface area contributed by atoms with Crippen molar-refractivity contribution in [2.24, 2.45) is 5.92 Å². The first-order valence-corrected chi connectivity index (χ1v) is 6.77. The number of benzene rings is 1. The van der Waals surface area contributed by atoms with Gasteiger partial charge in [0, 0.05) is 5.69 Å². The van der Waals surface area contributed by atoms with Crippen molar-refractivity contribution in [3.05, 3.63) is 30.3 Å². The minimum Gasteiger partial charge on any atom is -0.455 e. The fourth-order valence-electron chi connectivity index (χ4n) is 2.31. The summed E-state index contributed by atoms with van der Waals surface area (Å²) in [5.74, 6) is -0.545. The Kier molecular flexibility index (Phi) is 4.95. The highest BCUT2D eigenvalue weighted by atomic mass is 16.5. The van der Waals surface area contributed by atoms with E-state index in [2.05, 4.69) is 5.32 Å². The van der Waals surface area contributed by atoms with Crippen LogP contribution in [-0.2, 0) is 14.3 Å². The van der Waals surface area contributed by atoms with Crippen LogP contribution < -0.4 is 5.32 Å². The van der Waals surface area contributed by atoms with E-state index in [9.17, 15) is 9.59 Å². The van der Waals surface area contributed by atoms with E-state index in [0.29, 0.717) is 5.69 Å². The van der Waals surface area contributed by atoms with Gasteiger partial charge in [-0.05, 0) is 25.0 Å². The van der Waals surface area contributed by atoms with Crippen LogP contribution in [0.5, 0.6) is 0 Å². The first-order valence-electron chi connectivity index (χ1n) is 6.77. The molecule has 2 rings (SSSR count). The van der Waals surface area contributed by atoms with E-state index in [4.69, 9.17) is 4.74 Å². The largest absolute Gasteiger partial charge is 0.455 e. The van der Waals surface area contributed by atoms with E-state index >= 15 is 0 Å². The number of nitrogens with one attached hydrogen (secondary N) is 1. The molecule has 0 bridgehead atoms. The number of esters is 1. The average Bonchev–Trinajstić information content (AvgIpc) is 2.47. The maximum atomic E-state index is 11.8. The minimum atomic E-state index is -0.296. The Morgan fingerprint density at radius 2 is 1.79 bits per heavy atom. The van der Waals surface area contributed by atoms with E-state index in [1.807, 2.05) is 18.2 Å². The zero-order chi connectivity index (χ0) is 13.5. The first kappa shape index (κ1) is 13.6. The van der Waals surface area contributed by atoms with Gasteiger partial charge >= 0.3 is 5.97 Å². The Bertz CT molecular complexity index is 424. The Morgan fingerprint density at radius 1 is 1.11 bits per heavy atom. The molecule has 1 aromatic carbocycles. The van der Waals surface area contributed by atoms with Gasteiger partial charge in [0.05, 0.1) is 5.92 Å². The van der Waals surface area contributed by atoms with Gasteiger partial charge < -0.3 is 10.1 Å². The third-order valence-corrected chi connectivity index (χ3v) is 3.34. The van der Waals surface area contributed by atoms with Crippen LogP contribution in [0.15, 0.2) is 30.3 Å². The maximum Gasteiger partial charge on any atom is 0.309 e. The zero-order valence-electron chi connectivity index (χ0n) is 10.9. The number of amides is 1. The standard InChI is InChI=1S/C15H19NO3/c17-14(16-13-9-5-2-6-10-13)11-19-15(18)12-7-3-1-4-8-12/h2,5-6,9-10,12H,1,3-4,7-8,11H2,(H,16,17). The molecule has 1 fully saturated rings. The topological polar surface area (TPSA) is 55.4 Å². The molecule has 4 heteroatoms. The fourth-order valence-corrected chi connectivity index (χ4v) is 2.31. The maximum absolute atomic E-state index is 11.8. The summed E-state index contributed by atoms with van der Waals surface area (Å²) in [6, 6.07) is 9.13. The van der Waals surface area contributed by atoms with E-state index in [1.54, 1.807) is 12.1 Å². The van der Waals surface area contributed by atoms with Gasteiger partial charge in [0.2, 0.25) is 0 Å². The second kappa shape index (κ2) is 6.92. The molecule has 19 heavy (non-hydrogen) atoms. The van der Waals surface area contributed by atoms with Gasteiger partial charge in [-0.1, -0.05) is 37.5 Å². The molecule has 1 saturated carbocycles. The molecular formula is C15H19NO3. The molecule has 1 aliphatic rings. The Labute approximate surface area is 113 Å². The molecule has 102 valence electrons. The van der Waals surface area contributed by atoms with Gasteiger partial charge in [-0.2, -0.15) is 0 Å². The van der Waals surface area contributed by atoms with Gasteiger partial charge in [-0.25, -0.2) is 0 Å². The number of carbonyl (C=O) groups excluding carboxylic acids is 2. The van der Waals surface area contributed by atoms with Crippen molar-refractivity contribution in [2.45, 2.75) is 32.1 Å². The minimum absolute atomic E-state index is 0.0155. The lowest BCUT2D eigenvalue weighted by molar-refractivity contribution is -0.152. The van der Waals surface area contributed by atoms with Crippen LogP contribution in [-0.4, -0.2) is 18.5 Å². The molecule has 1 aromatic rings. The molecule has 0 aromatic heterocycles.